The van der Waals surface area contributed by atoms with Crippen molar-refractivity contribution in [2.75, 3.05) is 0 Å². The Morgan fingerprint density at radius 2 is 1.00 bits per heavy atom. The maximum Gasteiger partial charge on any atom is 0.235 e. The fraction of sp³-hybridized carbons (Fsp3) is 0. The van der Waals surface area contributed by atoms with Crippen molar-refractivity contribution in [1.82, 2.24) is 14.5 Å². The van der Waals surface area contributed by atoms with Gasteiger partial charge in [-0.1, -0.05) is 127 Å². The number of hydrogen-bond donors (Lipinski definition) is 0. The number of benzene rings is 8. The molecule has 10 aromatic rings. The van der Waals surface area contributed by atoms with Crippen LogP contribution in [0.4, 0.5) is 0 Å². The smallest absolute Gasteiger partial charge is 0.235 e. The zero-order valence-electron chi connectivity index (χ0n) is 24.5. The third kappa shape index (κ3) is 3.09. The van der Waals surface area contributed by atoms with Crippen LogP contribution in [0, 0.1) is 0 Å². The molecule has 0 aliphatic carbocycles. The van der Waals surface area contributed by atoms with Crippen molar-refractivity contribution < 1.29 is 0 Å². The first-order chi connectivity index (χ1) is 22.8. The molecule has 3 nitrogen and oxygen atoms in total. The van der Waals surface area contributed by atoms with Crippen molar-refractivity contribution in [2.45, 2.75) is 9.79 Å². The van der Waals surface area contributed by atoms with E-state index in [1.54, 1.807) is 11.8 Å². The average molecular weight is 602 g/mol. The van der Waals surface area contributed by atoms with Gasteiger partial charge in [0.25, 0.3) is 0 Å². The first-order valence-electron chi connectivity index (χ1n) is 15.6. The summed E-state index contributed by atoms with van der Waals surface area (Å²) < 4.78 is 2.32. The van der Waals surface area contributed by atoms with Crippen molar-refractivity contribution in [3.8, 4) is 17.2 Å². The molecule has 0 unspecified atom stereocenters. The van der Waals surface area contributed by atoms with E-state index in [0.717, 1.165) is 33.2 Å². The highest BCUT2D eigenvalue weighted by Gasteiger charge is 2.26. The Labute approximate surface area is 267 Å². The average Bonchev–Trinajstić information content (AvgIpc) is 3.47. The summed E-state index contributed by atoms with van der Waals surface area (Å²) in [6.45, 7) is 0. The van der Waals surface area contributed by atoms with Gasteiger partial charge in [-0.2, -0.15) is 0 Å². The lowest BCUT2D eigenvalue weighted by atomic mass is 9.88. The quantitative estimate of drug-likeness (QED) is 0.175. The van der Waals surface area contributed by atoms with Gasteiger partial charge in [0.2, 0.25) is 5.95 Å². The fourth-order valence-electron chi connectivity index (χ4n) is 7.93. The summed E-state index contributed by atoms with van der Waals surface area (Å²) in [5, 5.41) is 13.7. The van der Waals surface area contributed by atoms with Crippen LogP contribution >= 0.6 is 11.8 Å². The summed E-state index contributed by atoms with van der Waals surface area (Å²) in [6.07, 6.45) is 0. The van der Waals surface area contributed by atoms with Crippen molar-refractivity contribution >= 4 is 87.6 Å². The lowest BCUT2D eigenvalue weighted by Gasteiger charge is -2.20. The molecule has 0 bridgehead atoms. The standard InChI is InChI=1S/C42H23N3S/c1-3-14-26-24(12-1)25-13-2-4-15-27(25)37-36(26)28-16-5-6-17-29(28)41-38(37)30-18-7-9-21-33(30)45(41)42-43-32-20-11-23-35-39(32)40(44-42)31-19-8-10-22-34(31)46-35/h1-23H. The number of rotatable bonds is 1. The molecule has 46 heavy (non-hydrogen) atoms. The normalized spacial score (nSPS) is 12.7. The largest absolute Gasteiger partial charge is 0.277 e. The number of nitrogens with zero attached hydrogens (tertiary/aromatic N) is 3. The molecule has 4 heteroatoms. The first kappa shape index (κ1) is 24.6. The molecule has 0 spiro atoms. The Balaban J connectivity index is 1.41. The van der Waals surface area contributed by atoms with Crippen LogP contribution in [-0.2, 0) is 0 Å². The van der Waals surface area contributed by atoms with Gasteiger partial charge in [0.15, 0.2) is 0 Å². The molecule has 2 aromatic heterocycles. The molecule has 0 N–H and O–H groups in total. The second-order valence-corrected chi connectivity index (χ2v) is 13.2. The third-order valence-electron chi connectivity index (χ3n) is 9.74. The van der Waals surface area contributed by atoms with E-state index in [9.17, 15) is 0 Å². The molecule has 0 radical (unpaired) electrons. The van der Waals surface area contributed by atoms with Crippen molar-refractivity contribution in [2.24, 2.45) is 0 Å². The van der Waals surface area contributed by atoms with Gasteiger partial charge in [0.05, 0.1) is 22.2 Å². The van der Waals surface area contributed by atoms with Gasteiger partial charge < -0.3 is 0 Å². The second kappa shape index (κ2) is 8.94. The number of aromatic nitrogens is 3. The fourth-order valence-corrected chi connectivity index (χ4v) is 9.04. The van der Waals surface area contributed by atoms with Gasteiger partial charge >= 0.3 is 0 Å². The van der Waals surface area contributed by atoms with E-state index in [0.29, 0.717) is 5.95 Å². The Bertz CT molecular complexity index is 2960. The van der Waals surface area contributed by atoms with Gasteiger partial charge in [-0.05, 0) is 56.6 Å². The zero-order chi connectivity index (χ0) is 29.9. The SMILES string of the molecule is c1ccc2c(c1)Sc1cccc3nc(-n4c5ccccc5c5c6c7ccccc7c7ccccc7c6c6ccccc6c54)nc-2c13. The van der Waals surface area contributed by atoms with Gasteiger partial charge in [0, 0.05) is 42.3 Å². The first-order valence-corrected chi connectivity index (χ1v) is 16.4. The summed E-state index contributed by atoms with van der Waals surface area (Å²) in [6, 6.07) is 50.4. The highest BCUT2D eigenvalue weighted by Crippen LogP contribution is 2.49. The Kier molecular flexibility index (Phi) is 4.78. The minimum absolute atomic E-state index is 0.696. The third-order valence-corrected chi connectivity index (χ3v) is 10.9. The molecule has 11 rings (SSSR count). The molecular weight excluding hydrogens is 579 g/mol. The summed E-state index contributed by atoms with van der Waals surface area (Å²) in [5.41, 5.74) is 5.37. The highest BCUT2D eigenvalue weighted by atomic mass is 32.2. The lowest BCUT2D eigenvalue weighted by molar-refractivity contribution is 1.01. The molecule has 212 valence electrons. The maximum absolute atomic E-state index is 5.45. The molecule has 8 aromatic carbocycles. The summed E-state index contributed by atoms with van der Waals surface area (Å²) >= 11 is 1.80. The van der Waals surface area contributed by atoms with Crippen LogP contribution in [0.15, 0.2) is 149 Å². The van der Waals surface area contributed by atoms with Crippen LogP contribution in [0.2, 0.25) is 0 Å². The highest BCUT2D eigenvalue weighted by molar-refractivity contribution is 7.99. The topological polar surface area (TPSA) is 30.7 Å². The van der Waals surface area contributed by atoms with E-state index in [1.165, 1.54) is 63.7 Å². The minimum Gasteiger partial charge on any atom is -0.277 e. The molecule has 0 saturated heterocycles. The molecule has 0 saturated carbocycles. The summed E-state index contributed by atoms with van der Waals surface area (Å²) in [4.78, 5) is 13.2. The van der Waals surface area contributed by atoms with Crippen LogP contribution in [0.3, 0.4) is 0 Å². The molecule has 0 fully saturated rings. The number of para-hydroxylation sites is 1. The Morgan fingerprint density at radius 3 is 1.78 bits per heavy atom. The van der Waals surface area contributed by atoms with Crippen LogP contribution in [0.25, 0.3) is 93.0 Å². The van der Waals surface area contributed by atoms with Crippen molar-refractivity contribution in [1.29, 1.82) is 0 Å². The Hall–Kier alpha value is -5.71. The molecule has 0 amide bonds. The van der Waals surface area contributed by atoms with Gasteiger partial charge in [-0.25, -0.2) is 9.97 Å². The van der Waals surface area contributed by atoms with Gasteiger partial charge in [-0.3, -0.25) is 4.57 Å². The van der Waals surface area contributed by atoms with E-state index < -0.39 is 0 Å². The number of fused-ring (bicyclic) bond motifs is 15. The summed E-state index contributed by atoms with van der Waals surface area (Å²) in [5.74, 6) is 0.696. The van der Waals surface area contributed by atoms with E-state index in [1.807, 2.05) is 0 Å². The van der Waals surface area contributed by atoms with Gasteiger partial charge in [0.1, 0.15) is 0 Å². The van der Waals surface area contributed by atoms with E-state index in [2.05, 4.69) is 144 Å². The number of hydrogen-bond acceptors (Lipinski definition) is 3. The monoisotopic (exact) mass is 601 g/mol. The minimum atomic E-state index is 0.696. The van der Waals surface area contributed by atoms with E-state index >= 15 is 0 Å². The van der Waals surface area contributed by atoms with Crippen molar-refractivity contribution in [3.63, 3.8) is 0 Å². The van der Waals surface area contributed by atoms with Crippen LogP contribution in [0.1, 0.15) is 0 Å². The lowest BCUT2D eigenvalue weighted by Crippen LogP contribution is -2.06. The van der Waals surface area contributed by atoms with Crippen LogP contribution in [0.5, 0.6) is 0 Å². The van der Waals surface area contributed by atoms with Crippen LogP contribution < -0.4 is 0 Å². The zero-order valence-corrected chi connectivity index (χ0v) is 25.3. The molecular formula is C42H23N3S. The second-order valence-electron chi connectivity index (χ2n) is 12.1. The van der Waals surface area contributed by atoms with Gasteiger partial charge in [-0.15, -0.1) is 0 Å². The van der Waals surface area contributed by atoms with E-state index in [4.69, 9.17) is 9.97 Å². The molecule has 0 atom stereocenters. The molecule has 3 heterocycles. The Morgan fingerprint density at radius 1 is 0.413 bits per heavy atom. The van der Waals surface area contributed by atoms with Crippen molar-refractivity contribution in [3.05, 3.63) is 140 Å². The molecule has 1 aliphatic heterocycles. The molecule has 1 aliphatic rings. The van der Waals surface area contributed by atoms with Crippen LogP contribution in [-0.4, -0.2) is 14.5 Å². The predicted molar refractivity (Wildman–Crippen MR) is 193 cm³/mol. The van der Waals surface area contributed by atoms with E-state index in [-0.39, 0.29) is 0 Å². The maximum atomic E-state index is 5.45. The summed E-state index contributed by atoms with van der Waals surface area (Å²) in [7, 11) is 0. The predicted octanol–water partition coefficient (Wildman–Crippen LogP) is 11.5.